The van der Waals surface area contributed by atoms with Crippen molar-refractivity contribution in [3.05, 3.63) is 18.2 Å². The molecule has 2 unspecified atom stereocenters. The van der Waals surface area contributed by atoms with Crippen molar-refractivity contribution in [2.45, 2.75) is 38.1 Å². The lowest BCUT2D eigenvalue weighted by Gasteiger charge is -2.28. The van der Waals surface area contributed by atoms with Crippen LogP contribution in [0.1, 0.15) is 32.1 Å². The summed E-state index contributed by atoms with van der Waals surface area (Å²) in [6, 6.07) is 5.47. The van der Waals surface area contributed by atoms with Crippen molar-refractivity contribution in [3.63, 3.8) is 0 Å². The van der Waals surface area contributed by atoms with Crippen LogP contribution in [0.4, 0.5) is 5.69 Å². The van der Waals surface area contributed by atoms with Crippen molar-refractivity contribution in [2.24, 2.45) is 11.7 Å². The number of benzene rings is 1. The number of hydrogen-bond donors (Lipinski definition) is 2. The van der Waals surface area contributed by atoms with Gasteiger partial charge < -0.3 is 20.5 Å². The van der Waals surface area contributed by atoms with E-state index < -0.39 is 0 Å². The van der Waals surface area contributed by atoms with Gasteiger partial charge in [-0.2, -0.15) is 0 Å². The number of anilines is 1. The smallest absolute Gasteiger partial charge is 0.224 e. The number of halogens is 1. The summed E-state index contributed by atoms with van der Waals surface area (Å²) < 4.78 is 10.4. The van der Waals surface area contributed by atoms with E-state index in [1.807, 2.05) is 0 Å². The Hall–Kier alpha value is -1.46. The minimum absolute atomic E-state index is 0. The Morgan fingerprint density at radius 1 is 1.27 bits per heavy atom. The number of amides is 1. The summed E-state index contributed by atoms with van der Waals surface area (Å²) in [5.41, 5.74) is 6.73. The zero-order valence-corrected chi connectivity index (χ0v) is 13.9. The predicted molar refractivity (Wildman–Crippen MR) is 90.0 cm³/mol. The van der Waals surface area contributed by atoms with Crippen LogP contribution in [0.2, 0.25) is 0 Å². The van der Waals surface area contributed by atoms with Gasteiger partial charge in [0, 0.05) is 18.5 Å². The van der Waals surface area contributed by atoms with E-state index in [-0.39, 0.29) is 30.3 Å². The highest BCUT2D eigenvalue weighted by Crippen LogP contribution is 2.30. The lowest BCUT2D eigenvalue weighted by Crippen LogP contribution is -2.35. The molecule has 2 atom stereocenters. The van der Waals surface area contributed by atoms with Gasteiger partial charge in [-0.25, -0.2) is 0 Å². The molecule has 0 aliphatic heterocycles. The molecular formula is C16H25ClN2O3. The van der Waals surface area contributed by atoms with Gasteiger partial charge in [-0.3, -0.25) is 4.79 Å². The number of carbonyl (C=O) groups is 1. The van der Waals surface area contributed by atoms with Crippen LogP contribution in [-0.4, -0.2) is 26.2 Å². The normalized spacial score (nSPS) is 20.7. The monoisotopic (exact) mass is 328 g/mol. The third-order valence-electron chi connectivity index (χ3n) is 4.10. The molecule has 1 aliphatic carbocycles. The minimum Gasteiger partial charge on any atom is -0.497 e. The third kappa shape index (κ3) is 4.78. The van der Waals surface area contributed by atoms with Gasteiger partial charge in [-0.1, -0.05) is 12.8 Å². The summed E-state index contributed by atoms with van der Waals surface area (Å²) in [4.78, 5) is 12.2. The van der Waals surface area contributed by atoms with Gasteiger partial charge in [-0.05, 0) is 30.9 Å². The number of nitrogens with two attached hydrogens (primary N) is 1. The first-order valence-electron chi connectivity index (χ1n) is 7.41. The van der Waals surface area contributed by atoms with Gasteiger partial charge >= 0.3 is 0 Å². The van der Waals surface area contributed by atoms with Crippen LogP contribution < -0.4 is 20.5 Å². The van der Waals surface area contributed by atoms with E-state index in [2.05, 4.69) is 5.32 Å². The fourth-order valence-corrected chi connectivity index (χ4v) is 2.84. The fourth-order valence-electron chi connectivity index (χ4n) is 2.84. The number of nitrogens with one attached hydrogen (secondary N) is 1. The van der Waals surface area contributed by atoms with Crippen molar-refractivity contribution < 1.29 is 14.3 Å². The molecule has 1 aliphatic rings. The second-order valence-electron chi connectivity index (χ2n) is 5.53. The van der Waals surface area contributed by atoms with Gasteiger partial charge in [0.15, 0.2) is 0 Å². The topological polar surface area (TPSA) is 73.6 Å². The zero-order chi connectivity index (χ0) is 15.2. The van der Waals surface area contributed by atoms with E-state index in [0.717, 1.165) is 19.3 Å². The first kappa shape index (κ1) is 18.6. The van der Waals surface area contributed by atoms with Crippen LogP contribution in [0.15, 0.2) is 18.2 Å². The number of methoxy groups -OCH3 is 2. The van der Waals surface area contributed by atoms with E-state index >= 15 is 0 Å². The Kier molecular flexibility index (Phi) is 7.48. The Bertz CT molecular complexity index is 496. The van der Waals surface area contributed by atoms with E-state index in [0.29, 0.717) is 23.6 Å². The molecule has 124 valence electrons. The van der Waals surface area contributed by atoms with Crippen LogP contribution in [0, 0.1) is 5.92 Å². The summed E-state index contributed by atoms with van der Waals surface area (Å²) in [6.45, 7) is 0. The standard InChI is InChI=1S/C16H24N2O3.ClH/c1-20-12-7-8-15(21-2)14(10-12)18-16(19)9-11-5-3-4-6-13(11)17;/h7-8,10-11,13H,3-6,9,17H2,1-2H3,(H,18,19);1H. The molecule has 0 aromatic heterocycles. The lowest BCUT2D eigenvalue weighted by molar-refractivity contribution is -0.117. The molecule has 0 bridgehead atoms. The molecule has 1 saturated carbocycles. The van der Waals surface area contributed by atoms with E-state index in [1.165, 1.54) is 6.42 Å². The highest BCUT2D eigenvalue weighted by atomic mass is 35.5. The molecular weight excluding hydrogens is 304 g/mol. The Morgan fingerprint density at radius 2 is 2.00 bits per heavy atom. The lowest BCUT2D eigenvalue weighted by atomic mass is 9.83. The molecule has 5 nitrogen and oxygen atoms in total. The third-order valence-corrected chi connectivity index (χ3v) is 4.10. The van der Waals surface area contributed by atoms with Crippen LogP contribution in [0.3, 0.4) is 0 Å². The maximum Gasteiger partial charge on any atom is 0.224 e. The van der Waals surface area contributed by atoms with Gasteiger partial charge in [-0.15, -0.1) is 12.4 Å². The first-order valence-corrected chi connectivity index (χ1v) is 7.41. The molecule has 0 heterocycles. The van der Waals surface area contributed by atoms with Crippen LogP contribution >= 0.6 is 12.4 Å². The van der Waals surface area contributed by atoms with E-state index in [1.54, 1.807) is 32.4 Å². The summed E-state index contributed by atoms with van der Waals surface area (Å²) in [7, 11) is 3.17. The Balaban J connectivity index is 0.00000242. The van der Waals surface area contributed by atoms with Crippen molar-refractivity contribution >= 4 is 24.0 Å². The number of carbonyl (C=O) groups excluding carboxylic acids is 1. The molecule has 1 aromatic carbocycles. The second-order valence-corrected chi connectivity index (χ2v) is 5.53. The molecule has 3 N–H and O–H groups in total. The second kappa shape index (κ2) is 8.86. The first-order chi connectivity index (χ1) is 10.1. The highest BCUT2D eigenvalue weighted by molar-refractivity contribution is 5.92. The molecule has 1 amide bonds. The molecule has 1 aromatic rings. The van der Waals surface area contributed by atoms with Gasteiger partial charge in [0.05, 0.1) is 19.9 Å². The summed E-state index contributed by atoms with van der Waals surface area (Å²) in [5, 5.41) is 2.90. The van der Waals surface area contributed by atoms with E-state index in [9.17, 15) is 4.79 Å². The Morgan fingerprint density at radius 3 is 2.64 bits per heavy atom. The molecule has 0 spiro atoms. The van der Waals surface area contributed by atoms with Crippen molar-refractivity contribution in [1.29, 1.82) is 0 Å². The van der Waals surface area contributed by atoms with E-state index in [4.69, 9.17) is 15.2 Å². The summed E-state index contributed by atoms with van der Waals surface area (Å²) in [6.07, 6.45) is 4.84. The molecule has 0 radical (unpaired) electrons. The fraction of sp³-hybridized carbons (Fsp3) is 0.562. The van der Waals surface area contributed by atoms with Gasteiger partial charge in [0.1, 0.15) is 11.5 Å². The van der Waals surface area contributed by atoms with Crippen molar-refractivity contribution in [3.8, 4) is 11.5 Å². The van der Waals surface area contributed by atoms with Crippen molar-refractivity contribution in [2.75, 3.05) is 19.5 Å². The molecule has 6 heteroatoms. The molecule has 0 saturated heterocycles. The maximum absolute atomic E-state index is 12.2. The Labute approximate surface area is 138 Å². The van der Waals surface area contributed by atoms with Crippen molar-refractivity contribution in [1.82, 2.24) is 0 Å². The minimum atomic E-state index is -0.0242. The maximum atomic E-state index is 12.2. The summed E-state index contributed by atoms with van der Waals surface area (Å²) in [5.74, 6) is 1.55. The predicted octanol–water partition coefficient (Wildman–Crippen LogP) is 2.97. The average molecular weight is 329 g/mol. The summed E-state index contributed by atoms with van der Waals surface area (Å²) >= 11 is 0. The quantitative estimate of drug-likeness (QED) is 0.871. The van der Waals surface area contributed by atoms with Crippen LogP contribution in [0.25, 0.3) is 0 Å². The molecule has 2 rings (SSSR count). The molecule has 22 heavy (non-hydrogen) atoms. The van der Waals surface area contributed by atoms with Crippen LogP contribution in [-0.2, 0) is 4.79 Å². The average Bonchev–Trinajstić information content (AvgIpc) is 2.49. The van der Waals surface area contributed by atoms with Gasteiger partial charge in [0.25, 0.3) is 0 Å². The molecule has 1 fully saturated rings. The number of ether oxygens (including phenoxy) is 2. The van der Waals surface area contributed by atoms with Crippen LogP contribution in [0.5, 0.6) is 11.5 Å². The largest absolute Gasteiger partial charge is 0.497 e. The highest BCUT2D eigenvalue weighted by Gasteiger charge is 2.24. The van der Waals surface area contributed by atoms with Gasteiger partial charge in [0.2, 0.25) is 5.91 Å². The number of hydrogen-bond acceptors (Lipinski definition) is 4. The zero-order valence-electron chi connectivity index (χ0n) is 13.1. The number of rotatable bonds is 5. The SMILES string of the molecule is COc1ccc(OC)c(NC(=O)CC2CCCCC2N)c1.Cl.